The molecule has 0 saturated heterocycles. The van der Waals surface area contributed by atoms with Crippen molar-refractivity contribution in [2.24, 2.45) is 0 Å². The number of carbonyl (C=O) groups is 2. The van der Waals surface area contributed by atoms with E-state index in [1.807, 2.05) is 32.9 Å². The summed E-state index contributed by atoms with van der Waals surface area (Å²) in [5.41, 5.74) is -0.493. The zero-order valence-electron chi connectivity index (χ0n) is 15.3. The first-order valence-electron chi connectivity index (χ1n) is 8.56. The average molecular weight is 351 g/mol. The Hall–Kier alpha value is -2.31. The van der Waals surface area contributed by atoms with Crippen LogP contribution in [0.4, 0.5) is 4.79 Å². The molecule has 1 fully saturated rings. The lowest BCUT2D eigenvalue weighted by Crippen LogP contribution is -2.50. The summed E-state index contributed by atoms with van der Waals surface area (Å²) in [6.07, 6.45) is 4.73. The minimum atomic E-state index is -0.493. The van der Waals surface area contributed by atoms with Crippen molar-refractivity contribution < 1.29 is 28.4 Å². The summed E-state index contributed by atoms with van der Waals surface area (Å²) in [6.45, 7) is 7.85. The van der Waals surface area contributed by atoms with Crippen LogP contribution in [0.25, 0.3) is 0 Å². The quantitative estimate of drug-likeness (QED) is 0.626. The molecule has 0 aliphatic heterocycles. The smallest absolute Gasteiger partial charge is 0.407 e. The minimum Gasteiger partial charge on any atom is -0.490 e. The standard InChI is InChI=1S/C18H26N2O5/c1-5-23-16(21)12-20-8-6-14(7-9-20)24-15-10-13(11-15)19-17(22)25-18(2,3)4/h6-9,13,15H,5,10-12H2,1-4H3/p+1/t13-,15-. The molecule has 1 saturated carbocycles. The van der Waals surface area contributed by atoms with E-state index in [1.165, 1.54) is 0 Å². The molecule has 1 aliphatic carbocycles. The van der Waals surface area contributed by atoms with Crippen molar-refractivity contribution in [2.75, 3.05) is 6.61 Å². The number of hydrogen-bond acceptors (Lipinski definition) is 5. The Morgan fingerprint density at radius 2 is 1.88 bits per heavy atom. The van der Waals surface area contributed by atoms with Gasteiger partial charge in [-0.3, -0.25) is 0 Å². The van der Waals surface area contributed by atoms with Crippen LogP contribution in [0.1, 0.15) is 40.5 Å². The summed E-state index contributed by atoms with van der Waals surface area (Å²) in [6, 6.07) is 3.71. The second kappa shape index (κ2) is 8.18. The highest BCUT2D eigenvalue weighted by molar-refractivity contribution is 5.68. The van der Waals surface area contributed by atoms with Crippen LogP contribution < -0.4 is 14.6 Å². The van der Waals surface area contributed by atoms with E-state index in [0.29, 0.717) is 6.61 Å². The first-order chi connectivity index (χ1) is 11.7. The highest BCUT2D eigenvalue weighted by Gasteiger charge is 2.33. The number of nitrogens with zero attached hydrogens (tertiary/aromatic N) is 1. The van der Waals surface area contributed by atoms with Gasteiger partial charge in [0, 0.05) is 31.0 Å². The molecule has 0 unspecified atom stereocenters. The van der Waals surface area contributed by atoms with Crippen molar-refractivity contribution in [2.45, 2.75) is 64.8 Å². The Labute approximate surface area is 148 Å². The number of nitrogens with one attached hydrogen (secondary N) is 1. The fraction of sp³-hybridized carbons (Fsp3) is 0.611. The van der Waals surface area contributed by atoms with Gasteiger partial charge in [0.25, 0.3) is 0 Å². The zero-order valence-corrected chi connectivity index (χ0v) is 15.3. The van der Waals surface area contributed by atoms with E-state index in [-0.39, 0.29) is 24.7 Å². The van der Waals surface area contributed by atoms with Crippen molar-refractivity contribution in [3.05, 3.63) is 24.5 Å². The van der Waals surface area contributed by atoms with Crippen molar-refractivity contribution in [1.82, 2.24) is 5.32 Å². The first kappa shape index (κ1) is 19.0. The SMILES string of the molecule is CCOC(=O)C[n+]1ccc(O[C@H]2C[C@H](NC(=O)OC(C)(C)C)C2)cc1. The maximum Gasteiger partial charge on any atom is 0.407 e. The van der Waals surface area contributed by atoms with E-state index in [4.69, 9.17) is 14.2 Å². The molecular formula is C18H27N2O5+. The van der Waals surface area contributed by atoms with Crippen LogP contribution in [-0.4, -0.2) is 36.4 Å². The summed E-state index contributed by atoms with van der Waals surface area (Å²) in [5.74, 6) is 0.469. The predicted octanol–water partition coefficient (Wildman–Crippen LogP) is 1.97. The molecule has 1 aromatic heterocycles. The van der Waals surface area contributed by atoms with Crippen LogP contribution in [0, 0.1) is 0 Å². The summed E-state index contributed by atoms with van der Waals surface area (Å²) in [4.78, 5) is 23.1. The fourth-order valence-electron chi connectivity index (χ4n) is 2.43. The summed E-state index contributed by atoms with van der Waals surface area (Å²) < 4.78 is 17.7. The van der Waals surface area contributed by atoms with Crippen LogP contribution in [0.5, 0.6) is 5.75 Å². The van der Waals surface area contributed by atoms with E-state index in [2.05, 4.69) is 5.32 Å². The molecule has 1 amide bonds. The maximum absolute atomic E-state index is 11.7. The van der Waals surface area contributed by atoms with Gasteiger partial charge in [0.15, 0.2) is 12.4 Å². The van der Waals surface area contributed by atoms with Crippen LogP contribution >= 0.6 is 0 Å². The highest BCUT2D eigenvalue weighted by Crippen LogP contribution is 2.25. The number of ether oxygens (including phenoxy) is 3. The summed E-state index contributed by atoms with van der Waals surface area (Å²) in [5, 5.41) is 2.83. The molecule has 1 heterocycles. The topological polar surface area (TPSA) is 77.7 Å². The normalized spacial score (nSPS) is 19.5. The number of pyridine rings is 1. The molecule has 1 N–H and O–H groups in total. The van der Waals surface area contributed by atoms with Gasteiger partial charge in [-0.2, -0.15) is 4.57 Å². The van der Waals surface area contributed by atoms with E-state index < -0.39 is 11.7 Å². The lowest BCUT2D eigenvalue weighted by atomic mass is 9.89. The number of alkyl carbamates (subject to hydrolysis) is 1. The number of carbonyl (C=O) groups excluding carboxylic acids is 2. The van der Waals surface area contributed by atoms with Gasteiger partial charge in [-0.05, 0) is 27.7 Å². The van der Waals surface area contributed by atoms with Crippen molar-refractivity contribution >= 4 is 12.1 Å². The van der Waals surface area contributed by atoms with E-state index in [9.17, 15) is 9.59 Å². The Morgan fingerprint density at radius 1 is 1.24 bits per heavy atom. The maximum atomic E-state index is 11.7. The van der Waals surface area contributed by atoms with Gasteiger partial charge in [0.05, 0.1) is 6.61 Å². The summed E-state index contributed by atoms with van der Waals surface area (Å²) in [7, 11) is 0. The number of aromatic nitrogens is 1. The molecule has 0 radical (unpaired) electrons. The van der Waals surface area contributed by atoms with Gasteiger partial charge in [-0.15, -0.1) is 0 Å². The van der Waals surface area contributed by atoms with E-state index in [0.717, 1.165) is 18.6 Å². The molecule has 7 nitrogen and oxygen atoms in total. The van der Waals surface area contributed by atoms with E-state index >= 15 is 0 Å². The Bertz CT molecular complexity index is 588. The second-order valence-electron chi connectivity index (χ2n) is 7.07. The predicted molar refractivity (Wildman–Crippen MR) is 90.1 cm³/mol. The van der Waals surface area contributed by atoms with Gasteiger partial charge in [0.2, 0.25) is 6.54 Å². The lowest BCUT2D eigenvalue weighted by Gasteiger charge is -2.36. The Kier molecular flexibility index (Phi) is 6.22. The monoisotopic (exact) mass is 351 g/mol. The zero-order chi connectivity index (χ0) is 18.4. The third-order valence-corrected chi connectivity index (χ3v) is 3.60. The van der Waals surface area contributed by atoms with Gasteiger partial charge in [-0.1, -0.05) is 0 Å². The molecule has 1 aliphatic rings. The fourth-order valence-corrected chi connectivity index (χ4v) is 2.43. The van der Waals surface area contributed by atoms with Gasteiger partial charge in [-0.25, -0.2) is 9.59 Å². The third kappa shape index (κ3) is 6.60. The number of amides is 1. The molecule has 138 valence electrons. The largest absolute Gasteiger partial charge is 0.490 e. The third-order valence-electron chi connectivity index (χ3n) is 3.60. The molecule has 0 bridgehead atoms. The van der Waals surface area contributed by atoms with Crippen molar-refractivity contribution in [3.8, 4) is 5.75 Å². The highest BCUT2D eigenvalue weighted by atomic mass is 16.6. The first-order valence-corrected chi connectivity index (χ1v) is 8.56. The van der Waals surface area contributed by atoms with Crippen LogP contribution in [0.15, 0.2) is 24.5 Å². The number of hydrogen-bond donors (Lipinski definition) is 1. The lowest BCUT2D eigenvalue weighted by molar-refractivity contribution is -0.686. The van der Waals surface area contributed by atoms with Gasteiger partial charge in [0.1, 0.15) is 17.5 Å². The average Bonchev–Trinajstić information content (AvgIpc) is 2.45. The molecule has 7 heteroatoms. The molecule has 0 atom stereocenters. The van der Waals surface area contributed by atoms with Crippen molar-refractivity contribution in [1.29, 1.82) is 0 Å². The summed E-state index contributed by atoms with van der Waals surface area (Å²) >= 11 is 0. The van der Waals surface area contributed by atoms with E-state index in [1.54, 1.807) is 23.9 Å². The van der Waals surface area contributed by atoms with Crippen LogP contribution in [-0.2, 0) is 20.8 Å². The molecule has 2 rings (SSSR count). The molecule has 1 aromatic rings. The number of esters is 1. The van der Waals surface area contributed by atoms with Crippen LogP contribution in [0.3, 0.4) is 0 Å². The van der Waals surface area contributed by atoms with Crippen LogP contribution in [0.2, 0.25) is 0 Å². The molecule has 0 aromatic carbocycles. The second-order valence-corrected chi connectivity index (χ2v) is 7.07. The minimum absolute atomic E-state index is 0.0702. The molecular weight excluding hydrogens is 324 g/mol. The van der Waals surface area contributed by atoms with Crippen molar-refractivity contribution in [3.63, 3.8) is 0 Å². The van der Waals surface area contributed by atoms with Gasteiger partial charge >= 0.3 is 12.1 Å². The molecule has 25 heavy (non-hydrogen) atoms. The Balaban J connectivity index is 1.70. The molecule has 0 spiro atoms. The van der Waals surface area contributed by atoms with Gasteiger partial charge < -0.3 is 19.5 Å². The number of rotatable bonds is 6. The Morgan fingerprint density at radius 3 is 2.44 bits per heavy atom.